The third-order valence-corrected chi connectivity index (χ3v) is 5.13. The minimum absolute atomic E-state index is 0.244. The van der Waals surface area contributed by atoms with Gasteiger partial charge in [-0.25, -0.2) is 4.79 Å². The zero-order chi connectivity index (χ0) is 20.8. The summed E-state index contributed by atoms with van der Waals surface area (Å²) >= 11 is 6.03. The minimum atomic E-state index is -1.04. The van der Waals surface area contributed by atoms with Crippen LogP contribution in [0.5, 0.6) is 0 Å². The molecule has 0 saturated carbocycles. The Morgan fingerprint density at radius 3 is 2.28 bits per heavy atom. The van der Waals surface area contributed by atoms with Crippen LogP contribution in [0.1, 0.15) is 41.8 Å². The summed E-state index contributed by atoms with van der Waals surface area (Å²) in [6.45, 7) is 2.82. The molecule has 2 aromatic rings. The molecule has 1 N–H and O–H groups in total. The van der Waals surface area contributed by atoms with Gasteiger partial charge in [-0.3, -0.25) is 9.59 Å². The maximum atomic E-state index is 12.9. The van der Waals surface area contributed by atoms with Crippen molar-refractivity contribution in [1.82, 2.24) is 10.2 Å². The molecule has 1 aliphatic heterocycles. The van der Waals surface area contributed by atoms with Gasteiger partial charge in [-0.1, -0.05) is 54.1 Å². The number of benzene rings is 2. The largest absolute Gasteiger partial charge is 0.446 e. The van der Waals surface area contributed by atoms with Crippen LogP contribution in [-0.2, 0) is 14.3 Å². The Morgan fingerprint density at radius 1 is 1.00 bits per heavy atom. The molecule has 6 nitrogen and oxygen atoms in total. The number of nitrogens with one attached hydrogen (secondary N) is 1. The topological polar surface area (TPSA) is 75.7 Å². The Kier molecular flexibility index (Phi) is 6.88. The molecular formula is C22H23ClN2O4. The molecule has 7 heteroatoms. The second-order valence-electron chi connectivity index (χ2n) is 6.93. The molecule has 2 aromatic carbocycles. The zero-order valence-corrected chi connectivity index (χ0v) is 16.9. The lowest BCUT2D eigenvalue weighted by Gasteiger charge is -2.25. The van der Waals surface area contributed by atoms with Crippen LogP contribution in [0.2, 0.25) is 5.02 Å². The first-order chi connectivity index (χ1) is 14.0. The average Bonchev–Trinajstić information content (AvgIpc) is 3.27. The zero-order valence-electron chi connectivity index (χ0n) is 16.1. The molecular weight excluding hydrogens is 392 g/mol. The second kappa shape index (κ2) is 9.56. The quantitative estimate of drug-likeness (QED) is 0.735. The summed E-state index contributed by atoms with van der Waals surface area (Å²) < 4.78 is 5.56. The van der Waals surface area contributed by atoms with Crippen molar-refractivity contribution in [1.29, 1.82) is 0 Å². The highest BCUT2D eigenvalue weighted by atomic mass is 35.5. The highest BCUT2D eigenvalue weighted by Gasteiger charge is 2.32. The number of halogens is 1. The van der Waals surface area contributed by atoms with Gasteiger partial charge in [-0.05, 0) is 31.9 Å². The van der Waals surface area contributed by atoms with Crippen LogP contribution >= 0.6 is 11.6 Å². The Bertz CT molecular complexity index is 881. The summed E-state index contributed by atoms with van der Waals surface area (Å²) in [5.74, 6) is -1.42. The standard InChI is InChI=1S/C22H23ClN2O4/c1-15(24-20(26)17-11-5-6-12-18(17)23)22(28)29-19(16-9-3-2-4-10-16)21(27)25-13-7-8-14-25/h2-6,9-12,15,19H,7-8,13-14H2,1H3,(H,24,26)/t15-,19+/m0/s1. The van der Waals surface area contributed by atoms with Crippen LogP contribution in [0, 0.1) is 0 Å². The smallest absolute Gasteiger partial charge is 0.329 e. The normalized spacial score (nSPS) is 15.4. The first kappa shape index (κ1) is 20.9. The molecule has 0 unspecified atom stereocenters. The van der Waals surface area contributed by atoms with Gasteiger partial charge >= 0.3 is 5.97 Å². The van der Waals surface area contributed by atoms with Crippen molar-refractivity contribution >= 4 is 29.4 Å². The van der Waals surface area contributed by atoms with E-state index in [0.29, 0.717) is 18.7 Å². The van der Waals surface area contributed by atoms with Crippen LogP contribution < -0.4 is 5.32 Å². The van der Waals surface area contributed by atoms with E-state index in [2.05, 4.69) is 5.32 Å². The maximum absolute atomic E-state index is 12.9. The molecule has 0 bridgehead atoms. The number of esters is 1. The SMILES string of the molecule is C[C@H](NC(=O)c1ccccc1Cl)C(=O)O[C@@H](C(=O)N1CCCC1)c1ccccc1. The van der Waals surface area contributed by atoms with Crippen LogP contribution in [0.3, 0.4) is 0 Å². The van der Waals surface area contributed by atoms with Gasteiger partial charge in [0.15, 0.2) is 0 Å². The van der Waals surface area contributed by atoms with E-state index in [0.717, 1.165) is 12.8 Å². The summed E-state index contributed by atoms with van der Waals surface area (Å²) in [5, 5.41) is 2.87. The van der Waals surface area contributed by atoms with Crippen molar-refractivity contribution in [2.45, 2.75) is 31.9 Å². The number of likely N-dealkylation sites (tertiary alicyclic amines) is 1. The van der Waals surface area contributed by atoms with Gasteiger partial charge < -0.3 is 15.0 Å². The highest BCUT2D eigenvalue weighted by molar-refractivity contribution is 6.33. The summed E-state index contributed by atoms with van der Waals surface area (Å²) in [4.78, 5) is 39.7. The molecule has 0 aromatic heterocycles. The minimum Gasteiger partial charge on any atom is -0.446 e. The molecule has 0 radical (unpaired) electrons. The number of amides is 2. The molecule has 1 fully saturated rings. The molecule has 1 saturated heterocycles. The lowest BCUT2D eigenvalue weighted by Crippen LogP contribution is -2.42. The predicted octanol–water partition coefficient (Wildman–Crippen LogP) is 3.37. The number of carbonyl (C=O) groups is 3. The Labute approximate surface area is 174 Å². The van der Waals surface area contributed by atoms with Gasteiger partial charge in [-0.2, -0.15) is 0 Å². The summed E-state index contributed by atoms with van der Waals surface area (Å²) in [6.07, 6.45) is 0.832. The molecule has 1 heterocycles. The summed E-state index contributed by atoms with van der Waals surface area (Å²) in [7, 11) is 0. The first-order valence-corrected chi connectivity index (χ1v) is 9.95. The van der Waals surface area contributed by atoms with E-state index in [1.54, 1.807) is 53.4 Å². The lowest BCUT2D eigenvalue weighted by atomic mass is 10.1. The maximum Gasteiger partial charge on any atom is 0.329 e. The second-order valence-corrected chi connectivity index (χ2v) is 7.34. The number of rotatable bonds is 6. The Balaban J connectivity index is 1.71. The van der Waals surface area contributed by atoms with Gasteiger partial charge in [0.1, 0.15) is 6.04 Å². The number of hydrogen-bond donors (Lipinski definition) is 1. The van der Waals surface area contributed by atoms with Gasteiger partial charge in [0.2, 0.25) is 6.10 Å². The number of nitrogens with zero attached hydrogens (tertiary/aromatic N) is 1. The lowest BCUT2D eigenvalue weighted by molar-refractivity contribution is -0.161. The monoisotopic (exact) mass is 414 g/mol. The third kappa shape index (κ3) is 5.15. The van der Waals surface area contributed by atoms with Crippen LogP contribution in [0.25, 0.3) is 0 Å². The van der Waals surface area contributed by atoms with E-state index in [1.807, 2.05) is 6.07 Å². The van der Waals surface area contributed by atoms with Crippen LogP contribution in [-0.4, -0.2) is 41.8 Å². The number of hydrogen-bond acceptors (Lipinski definition) is 4. The van der Waals surface area contributed by atoms with Gasteiger partial charge in [0.25, 0.3) is 11.8 Å². The van der Waals surface area contributed by atoms with Crippen molar-refractivity contribution in [3.63, 3.8) is 0 Å². The van der Waals surface area contributed by atoms with Crippen LogP contribution in [0.15, 0.2) is 54.6 Å². The Morgan fingerprint density at radius 2 is 1.62 bits per heavy atom. The van der Waals surface area contributed by atoms with Crippen molar-refractivity contribution in [3.05, 3.63) is 70.7 Å². The average molecular weight is 415 g/mol. The number of carbonyl (C=O) groups excluding carboxylic acids is 3. The number of ether oxygens (including phenoxy) is 1. The van der Waals surface area contributed by atoms with E-state index in [1.165, 1.54) is 6.92 Å². The van der Waals surface area contributed by atoms with E-state index >= 15 is 0 Å². The molecule has 29 heavy (non-hydrogen) atoms. The fourth-order valence-corrected chi connectivity index (χ4v) is 3.41. The fourth-order valence-electron chi connectivity index (χ4n) is 3.19. The van der Waals surface area contributed by atoms with Gasteiger partial charge in [-0.15, -0.1) is 0 Å². The van der Waals surface area contributed by atoms with Crippen molar-refractivity contribution in [2.24, 2.45) is 0 Å². The van der Waals surface area contributed by atoms with E-state index in [-0.39, 0.29) is 16.5 Å². The molecule has 0 spiro atoms. The van der Waals surface area contributed by atoms with Crippen molar-refractivity contribution in [2.75, 3.05) is 13.1 Å². The molecule has 0 aliphatic carbocycles. The van der Waals surface area contributed by atoms with E-state index in [4.69, 9.17) is 16.3 Å². The van der Waals surface area contributed by atoms with Gasteiger partial charge in [0, 0.05) is 18.7 Å². The summed E-state index contributed by atoms with van der Waals surface area (Å²) in [5.41, 5.74) is 0.865. The molecule has 2 atom stereocenters. The Hall–Kier alpha value is -2.86. The van der Waals surface area contributed by atoms with E-state index in [9.17, 15) is 14.4 Å². The molecule has 3 rings (SSSR count). The first-order valence-electron chi connectivity index (χ1n) is 9.57. The van der Waals surface area contributed by atoms with Gasteiger partial charge in [0.05, 0.1) is 10.6 Å². The fraction of sp³-hybridized carbons (Fsp3) is 0.318. The van der Waals surface area contributed by atoms with Crippen molar-refractivity contribution in [3.8, 4) is 0 Å². The third-order valence-electron chi connectivity index (χ3n) is 4.80. The van der Waals surface area contributed by atoms with Crippen LogP contribution in [0.4, 0.5) is 0 Å². The van der Waals surface area contributed by atoms with E-state index < -0.39 is 24.0 Å². The molecule has 1 aliphatic rings. The molecule has 2 amide bonds. The molecule has 152 valence electrons. The highest BCUT2D eigenvalue weighted by Crippen LogP contribution is 2.23. The van der Waals surface area contributed by atoms with Crippen molar-refractivity contribution < 1.29 is 19.1 Å². The predicted molar refractivity (Wildman–Crippen MR) is 109 cm³/mol. The summed E-state index contributed by atoms with van der Waals surface area (Å²) in [6, 6.07) is 14.5.